The zero-order chi connectivity index (χ0) is 18.7. The van der Waals surface area contributed by atoms with Crippen LogP contribution in [-0.2, 0) is 6.42 Å². The Balaban J connectivity index is 1.71. The highest BCUT2D eigenvalue weighted by atomic mass is 16.4. The van der Waals surface area contributed by atoms with E-state index in [2.05, 4.69) is 28.7 Å². The van der Waals surface area contributed by atoms with Gasteiger partial charge in [-0.2, -0.15) is 0 Å². The highest BCUT2D eigenvalue weighted by Gasteiger charge is 2.14. The molecule has 1 amide bonds. The summed E-state index contributed by atoms with van der Waals surface area (Å²) in [4.78, 5) is 28.0. The zero-order valence-corrected chi connectivity index (χ0v) is 14.8. The van der Waals surface area contributed by atoms with E-state index >= 15 is 0 Å². The number of para-hydroxylation sites is 2. The molecule has 0 bridgehead atoms. The van der Waals surface area contributed by atoms with Gasteiger partial charge < -0.3 is 15.0 Å². The normalized spacial score (nSPS) is 11.0. The molecule has 26 heavy (non-hydrogen) atoms. The van der Waals surface area contributed by atoms with Gasteiger partial charge in [-0.15, -0.1) is 0 Å². The maximum Gasteiger partial charge on any atom is 0.335 e. The summed E-state index contributed by atoms with van der Waals surface area (Å²) in [6.45, 7) is 4.63. The maximum atomic E-state index is 12.3. The Morgan fingerprint density at radius 1 is 1.12 bits per heavy atom. The maximum absolute atomic E-state index is 12.3. The fourth-order valence-electron chi connectivity index (χ4n) is 3.03. The lowest BCUT2D eigenvalue weighted by atomic mass is 10.1. The van der Waals surface area contributed by atoms with Crippen LogP contribution in [-0.4, -0.2) is 33.1 Å². The van der Waals surface area contributed by atoms with Gasteiger partial charge in [0.2, 0.25) is 0 Å². The van der Waals surface area contributed by atoms with Gasteiger partial charge >= 0.3 is 5.97 Å². The summed E-state index contributed by atoms with van der Waals surface area (Å²) in [5.41, 5.74) is 2.45. The van der Waals surface area contributed by atoms with Crippen LogP contribution in [0.4, 0.5) is 0 Å². The molecular weight excluding hydrogens is 330 g/mol. The molecule has 0 spiro atoms. The minimum absolute atomic E-state index is 0.0965. The minimum Gasteiger partial charge on any atom is -0.478 e. The third-order valence-corrected chi connectivity index (χ3v) is 4.19. The first-order chi connectivity index (χ1) is 12.5. The van der Waals surface area contributed by atoms with Crippen molar-refractivity contribution < 1.29 is 14.7 Å². The SMILES string of the molecule is CC(C)n1c(CCNC(=O)c2cccc(C(=O)O)c2)nc2ccccc21. The van der Waals surface area contributed by atoms with Gasteiger partial charge in [0.15, 0.2) is 0 Å². The molecule has 0 aliphatic heterocycles. The number of imidazole rings is 1. The average Bonchev–Trinajstić information content (AvgIpc) is 3.00. The third-order valence-electron chi connectivity index (χ3n) is 4.19. The summed E-state index contributed by atoms with van der Waals surface area (Å²) < 4.78 is 2.17. The number of carboxylic acids is 1. The van der Waals surface area contributed by atoms with Crippen molar-refractivity contribution in [1.29, 1.82) is 0 Å². The van der Waals surface area contributed by atoms with E-state index in [4.69, 9.17) is 5.11 Å². The van der Waals surface area contributed by atoms with Gasteiger partial charge in [-0.25, -0.2) is 9.78 Å². The Morgan fingerprint density at radius 3 is 2.58 bits per heavy atom. The van der Waals surface area contributed by atoms with Gasteiger partial charge in [-0.05, 0) is 44.2 Å². The Morgan fingerprint density at radius 2 is 1.85 bits per heavy atom. The molecule has 0 aliphatic rings. The third kappa shape index (κ3) is 3.59. The Kier molecular flexibility index (Phi) is 5.02. The van der Waals surface area contributed by atoms with E-state index < -0.39 is 5.97 Å². The molecule has 3 aromatic rings. The molecule has 134 valence electrons. The van der Waals surface area contributed by atoms with Gasteiger partial charge in [0, 0.05) is 24.6 Å². The summed E-state index contributed by atoms with van der Waals surface area (Å²) >= 11 is 0. The van der Waals surface area contributed by atoms with Crippen molar-refractivity contribution in [3.8, 4) is 0 Å². The number of benzene rings is 2. The number of rotatable bonds is 6. The number of hydrogen-bond donors (Lipinski definition) is 2. The number of nitrogens with zero attached hydrogens (tertiary/aromatic N) is 2. The average molecular weight is 351 g/mol. The Labute approximate surface area is 151 Å². The number of carboxylic acid groups (broad SMARTS) is 1. The van der Waals surface area contributed by atoms with Crippen LogP contribution in [0.15, 0.2) is 48.5 Å². The Bertz CT molecular complexity index is 960. The van der Waals surface area contributed by atoms with Crippen LogP contribution >= 0.6 is 0 Å². The van der Waals surface area contributed by atoms with Crippen molar-refractivity contribution in [2.75, 3.05) is 6.54 Å². The van der Waals surface area contributed by atoms with Crippen LogP contribution in [0.5, 0.6) is 0 Å². The number of amides is 1. The second-order valence-corrected chi connectivity index (χ2v) is 6.37. The monoisotopic (exact) mass is 351 g/mol. The number of aromatic nitrogens is 2. The highest BCUT2D eigenvalue weighted by molar-refractivity contribution is 5.97. The lowest BCUT2D eigenvalue weighted by Crippen LogP contribution is -2.26. The summed E-state index contributed by atoms with van der Waals surface area (Å²) in [6, 6.07) is 14.2. The molecule has 2 aromatic carbocycles. The first-order valence-electron chi connectivity index (χ1n) is 8.55. The molecule has 0 saturated heterocycles. The molecule has 6 heteroatoms. The van der Waals surface area contributed by atoms with Crippen molar-refractivity contribution in [1.82, 2.24) is 14.9 Å². The summed E-state index contributed by atoms with van der Waals surface area (Å²) in [7, 11) is 0. The lowest BCUT2D eigenvalue weighted by molar-refractivity contribution is 0.0697. The molecule has 0 saturated carbocycles. The molecule has 0 fully saturated rings. The van der Waals surface area contributed by atoms with Crippen LogP contribution in [0.3, 0.4) is 0 Å². The van der Waals surface area contributed by atoms with Crippen molar-refractivity contribution in [2.45, 2.75) is 26.3 Å². The fourth-order valence-corrected chi connectivity index (χ4v) is 3.03. The largest absolute Gasteiger partial charge is 0.478 e. The van der Waals surface area contributed by atoms with Crippen molar-refractivity contribution in [2.24, 2.45) is 0 Å². The predicted octanol–water partition coefficient (Wildman–Crippen LogP) is 3.29. The molecule has 6 nitrogen and oxygen atoms in total. The second-order valence-electron chi connectivity index (χ2n) is 6.37. The zero-order valence-electron chi connectivity index (χ0n) is 14.8. The summed E-state index contributed by atoms with van der Waals surface area (Å²) in [6.07, 6.45) is 0.594. The van der Waals surface area contributed by atoms with E-state index in [0.717, 1.165) is 16.9 Å². The molecule has 0 aliphatic carbocycles. The van der Waals surface area contributed by atoms with E-state index in [0.29, 0.717) is 18.5 Å². The van der Waals surface area contributed by atoms with Crippen molar-refractivity contribution >= 4 is 22.9 Å². The summed E-state index contributed by atoms with van der Waals surface area (Å²) in [5.74, 6) is -0.425. The van der Waals surface area contributed by atoms with E-state index in [1.165, 1.54) is 12.1 Å². The molecule has 0 radical (unpaired) electrons. The van der Waals surface area contributed by atoms with Crippen LogP contribution in [0.25, 0.3) is 11.0 Å². The molecule has 3 rings (SSSR count). The number of nitrogens with one attached hydrogen (secondary N) is 1. The van der Waals surface area contributed by atoms with Crippen LogP contribution in [0.2, 0.25) is 0 Å². The number of aromatic carboxylic acids is 1. The molecular formula is C20H21N3O3. The standard InChI is InChI=1S/C20H21N3O3/c1-13(2)23-17-9-4-3-8-16(17)22-18(23)10-11-21-19(24)14-6-5-7-15(12-14)20(25)26/h3-9,12-13H,10-11H2,1-2H3,(H,21,24)(H,25,26). The van der Waals surface area contributed by atoms with E-state index in [9.17, 15) is 9.59 Å². The van der Waals surface area contributed by atoms with Gasteiger partial charge in [0.1, 0.15) is 5.82 Å². The van der Waals surface area contributed by atoms with Gasteiger partial charge in [0.25, 0.3) is 5.91 Å². The van der Waals surface area contributed by atoms with Crippen molar-refractivity contribution in [3.63, 3.8) is 0 Å². The lowest BCUT2D eigenvalue weighted by Gasteiger charge is -2.13. The van der Waals surface area contributed by atoms with Gasteiger partial charge in [0.05, 0.1) is 16.6 Å². The number of carbonyl (C=O) groups is 2. The van der Waals surface area contributed by atoms with Crippen LogP contribution in [0.1, 0.15) is 46.4 Å². The van der Waals surface area contributed by atoms with Crippen LogP contribution < -0.4 is 5.32 Å². The first-order valence-corrected chi connectivity index (χ1v) is 8.55. The fraction of sp³-hybridized carbons (Fsp3) is 0.250. The smallest absolute Gasteiger partial charge is 0.335 e. The quantitative estimate of drug-likeness (QED) is 0.714. The van der Waals surface area contributed by atoms with Crippen LogP contribution in [0, 0.1) is 0 Å². The molecule has 0 unspecified atom stereocenters. The van der Waals surface area contributed by atoms with Gasteiger partial charge in [-0.1, -0.05) is 18.2 Å². The topological polar surface area (TPSA) is 84.2 Å². The number of hydrogen-bond acceptors (Lipinski definition) is 3. The predicted molar refractivity (Wildman–Crippen MR) is 99.6 cm³/mol. The molecule has 0 atom stereocenters. The van der Waals surface area contributed by atoms with E-state index in [-0.39, 0.29) is 17.5 Å². The number of fused-ring (bicyclic) bond motifs is 1. The summed E-state index contributed by atoms with van der Waals surface area (Å²) in [5, 5.41) is 11.9. The first kappa shape index (κ1) is 17.7. The highest BCUT2D eigenvalue weighted by Crippen LogP contribution is 2.21. The number of carbonyl (C=O) groups excluding carboxylic acids is 1. The molecule has 1 aromatic heterocycles. The van der Waals surface area contributed by atoms with Gasteiger partial charge in [-0.3, -0.25) is 4.79 Å². The molecule has 1 heterocycles. The van der Waals surface area contributed by atoms with Crippen molar-refractivity contribution in [3.05, 3.63) is 65.5 Å². The van der Waals surface area contributed by atoms with E-state index in [1.807, 2.05) is 24.3 Å². The van der Waals surface area contributed by atoms with E-state index in [1.54, 1.807) is 12.1 Å². The molecule has 2 N–H and O–H groups in total. The Hall–Kier alpha value is -3.15. The minimum atomic E-state index is -1.05. The second kappa shape index (κ2) is 7.39.